The molecule has 1 aromatic rings. The van der Waals surface area contributed by atoms with E-state index in [0.29, 0.717) is 17.0 Å². The van der Waals surface area contributed by atoms with Gasteiger partial charge in [0.25, 0.3) is 5.91 Å². The van der Waals surface area contributed by atoms with Crippen LogP contribution in [0.5, 0.6) is 0 Å². The van der Waals surface area contributed by atoms with Gasteiger partial charge in [0, 0.05) is 16.8 Å². The third-order valence-electron chi connectivity index (χ3n) is 4.73. The maximum Gasteiger partial charge on any atom is 0.251 e. The summed E-state index contributed by atoms with van der Waals surface area (Å²) >= 11 is 1.38. The Balaban J connectivity index is 1.86. The van der Waals surface area contributed by atoms with E-state index in [2.05, 4.69) is 5.32 Å². The molecule has 7 heteroatoms. The van der Waals surface area contributed by atoms with Crippen molar-refractivity contribution in [2.24, 2.45) is 17.6 Å². The number of aryl methyl sites for hydroxylation is 1. The number of carbonyl (C=O) groups is 3. The Morgan fingerprint density at radius 3 is 2.46 bits per heavy atom. The van der Waals surface area contributed by atoms with E-state index in [1.165, 1.54) is 11.3 Å². The minimum atomic E-state index is -1.22. The molecule has 0 aromatic carbocycles. The van der Waals surface area contributed by atoms with Crippen molar-refractivity contribution in [3.63, 3.8) is 0 Å². The fraction of sp³-hybridized carbons (Fsp3) is 0.471. The molecule has 0 saturated heterocycles. The van der Waals surface area contributed by atoms with Crippen LogP contribution in [0.15, 0.2) is 12.2 Å². The molecule has 2 atom stereocenters. The van der Waals surface area contributed by atoms with Gasteiger partial charge in [0.05, 0.1) is 11.5 Å². The Morgan fingerprint density at radius 2 is 1.79 bits per heavy atom. The van der Waals surface area contributed by atoms with Gasteiger partial charge < -0.3 is 21.0 Å². The molecule has 24 heavy (non-hydrogen) atoms. The molecular weight excluding hydrogens is 328 g/mol. The molecule has 3 N–H and O–H groups in total. The molecule has 128 valence electrons. The number of nitrogens with one attached hydrogen (secondary N) is 1. The van der Waals surface area contributed by atoms with Crippen molar-refractivity contribution in [3.8, 4) is 0 Å². The first-order chi connectivity index (χ1) is 11.5. The van der Waals surface area contributed by atoms with E-state index in [4.69, 9.17) is 5.73 Å². The number of hydrogen-bond acceptors (Lipinski definition) is 5. The van der Waals surface area contributed by atoms with Gasteiger partial charge in [-0.25, -0.2) is 0 Å². The molecule has 2 aliphatic carbocycles. The summed E-state index contributed by atoms with van der Waals surface area (Å²) in [6.07, 6.45) is 7.90. The summed E-state index contributed by atoms with van der Waals surface area (Å²) in [5.74, 6) is -3.71. The van der Waals surface area contributed by atoms with E-state index in [9.17, 15) is 19.5 Å². The quantitative estimate of drug-likeness (QED) is 0.791. The van der Waals surface area contributed by atoms with E-state index >= 15 is 0 Å². The maximum absolute atomic E-state index is 12.6. The van der Waals surface area contributed by atoms with Gasteiger partial charge in [0.2, 0.25) is 5.91 Å². The number of thiophene rings is 1. The second kappa shape index (κ2) is 6.76. The summed E-state index contributed by atoms with van der Waals surface area (Å²) in [6.45, 7) is 0. The van der Waals surface area contributed by atoms with Crippen molar-refractivity contribution in [2.75, 3.05) is 5.32 Å². The van der Waals surface area contributed by atoms with Crippen molar-refractivity contribution in [2.45, 2.75) is 38.5 Å². The van der Waals surface area contributed by atoms with Crippen LogP contribution in [0.2, 0.25) is 0 Å². The van der Waals surface area contributed by atoms with Crippen LogP contribution in [-0.4, -0.2) is 17.8 Å². The Hall–Kier alpha value is -2.15. The molecule has 0 spiro atoms. The number of primary amides is 1. The highest BCUT2D eigenvalue weighted by atomic mass is 32.1. The highest BCUT2D eigenvalue weighted by Crippen LogP contribution is 2.38. The van der Waals surface area contributed by atoms with Gasteiger partial charge in [-0.2, -0.15) is 0 Å². The highest BCUT2D eigenvalue weighted by molar-refractivity contribution is 7.17. The molecule has 0 unspecified atom stereocenters. The second-order valence-corrected chi connectivity index (χ2v) is 7.35. The average Bonchev–Trinajstić information content (AvgIpc) is 2.92. The van der Waals surface area contributed by atoms with E-state index in [0.717, 1.165) is 36.1 Å². The van der Waals surface area contributed by atoms with Crippen LogP contribution in [-0.2, 0) is 22.4 Å². The molecule has 2 amide bonds. The lowest BCUT2D eigenvalue weighted by atomic mass is 9.82. The Labute approximate surface area is 143 Å². The third kappa shape index (κ3) is 3.08. The fourth-order valence-electron chi connectivity index (χ4n) is 3.48. The number of carboxylic acids is 1. The number of amides is 2. The summed E-state index contributed by atoms with van der Waals surface area (Å²) in [5, 5.41) is 14.5. The smallest absolute Gasteiger partial charge is 0.251 e. The zero-order chi connectivity index (χ0) is 17.3. The molecule has 0 aliphatic heterocycles. The fourth-order valence-corrected chi connectivity index (χ4v) is 4.78. The minimum absolute atomic E-state index is 0.282. The minimum Gasteiger partial charge on any atom is -0.550 e. The summed E-state index contributed by atoms with van der Waals surface area (Å²) in [5.41, 5.74) is 6.84. The number of rotatable bonds is 4. The monoisotopic (exact) mass is 347 g/mol. The molecule has 2 aliphatic rings. The van der Waals surface area contributed by atoms with Crippen molar-refractivity contribution >= 4 is 34.1 Å². The number of carbonyl (C=O) groups excluding carboxylic acids is 3. The molecule has 1 aromatic heterocycles. The van der Waals surface area contributed by atoms with Crippen LogP contribution in [0.1, 0.15) is 46.5 Å². The first-order valence-corrected chi connectivity index (χ1v) is 8.91. The SMILES string of the molecule is NC(=O)c1c(NC(=O)[C@H]2CC=CC[C@@H]2C(=O)[O-])sc2c1CCCC2. The van der Waals surface area contributed by atoms with Crippen molar-refractivity contribution in [1.82, 2.24) is 0 Å². The van der Waals surface area contributed by atoms with Gasteiger partial charge in [-0.1, -0.05) is 12.2 Å². The number of nitrogens with two attached hydrogens (primary N) is 1. The van der Waals surface area contributed by atoms with Crippen molar-refractivity contribution in [3.05, 3.63) is 28.2 Å². The van der Waals surface area contributed by atoms with Crippen LogP contribution < -0.4 is 16.2 Å². The lowest BCUT2D eigenvalue weighted by Gasteiger charge is -2.28. The Bertz CT molecular complexity index is 722. The van der Waals surface area contributed by atoms with E-state index < -0.39 is 29.6 Å². The molecule has 0 bridgehead atoms. The van der Waals surface area contributed by atoms with Crippen LogP contribution in [0, 0.1) is 11.8 Å². The van der Waals surface area contributed by atoms with Crippen molar-refractivity contribution in [1.29, 1.82) is 0 Å². The highest BCUT2D eigenvalue weighted by Gasteiger charge is 2.32. The first kappa shape index (κ1) is 16.7. The number of carboxylic acid groups (broad SMARTS) is 1. The third-order valence-corrected chi connectivity index (χ3v) is 5.93. The topological polar surface area (TPSA) is 112 Å². The predicted molar refractivity (Wildman–Crippen MR) is 88.5 cm³/mol. The van der Waals surface area contributed by atoms with Gasteiger partial charge in [-0.3, -0.25) is 9.59 Å². The summed E-state index contributed by atoms with van der Waals surface area (Å²) in [7, 11) is 0. The summed E-state index contributed by atoms with van der Waals surface area (Å²) < 4.78 is 0. The second-order valence-electron chi connectivity index (χ2n) is 6.24. The number of fused-ring (bicyclic) bond motifs is 1. The number of allylic oxidation sites excluding steroid dienone is 2. The predicted octanol–water partition coefficient (Wildman–Crippen LogP) is 0.997. The molecular formula is C17H19N2O4S-. The van der Waals surface area contributed by atoms with Crippen LogP contribution >= 0.6 is 11.3 Å². The molecule has 1 heterocycles. The lowest BCUT2D eigenvalue weighted by molar-refractivity contribution is -0.313. The van der Waals surface area contributed by atoms with E-state index in [-0.39, 0.29) is 6.42 Å². The maximum atomic E-state index is 12.6. The van der Waals surface area contributed by atoms with Gasteiger partial charge in [-0.15, -0.1) is 11.3 Å². The standard InChI is InChI=1S/C17H20N2O4S/c18-14(20)13-11-7-3-4-8-12(11)24-16(13)19-15(21)9-5-1-2-6-10(9)17(22)23/h1-2,9-10H,3-8H2,(H2,18,20)(H,19,21)(H,22,23)/p-1/t9-,10-/m0/s1. The Kier molecular flexibility index (Phi) is 4.71. The molecule has 3 rings (SSSR count). The Morgan fingerprint density at radius 1 is 1.12 bits per heavy atom. The van der Waals surface area contributed by atoms with Gasteiger partial charge in [0.1, 0.15) is 5.00 Å². The van der Waals surface area contributed by atoms with E-state index in [1.54, 1.807) is 12.2 Å². The molecule has 0 radical (unpaired) electrons. The summed E-state index contributed by atoms with van der Waals surface area (Å²) in [4.78, 5) is 36.8. The van der Waals surface area contributed by atoms with E-state index in [1.807, 2.05) is 0 Å². The van der Waals surface area contributed by atoms with Crippen LogP contribution in [0.3, 0.4) is 0 Å². The molecule has 0 fully saturated rings. The van der Waals surface area contributed by atoms with Crippen LogP contribution in [0.4, 0.5) is 5.00 Å². The first-order valence-electron chi connectivity index (χ1n) is 8.10. The number of anilines is 1. The largest absolute Gasteiger partial charge is 0.550 e. The van der Waals surface area contributed by atoms with Gasteiger partial charge in [0.15, 0.2) is 0 Å². The average molecular weight is 347 g/mol. The summed E-state index contributed by atoms with van der Waals surface area (Å²) in [6, 6.07) is 0. The zero-order valence-corrected chi connectivity index (χ0v) is 14.0. The molecule has 6 nitrogen and oxygen atoms in total. The van der Waals surface area contributed by atoms with Gasteiger partial charge >= 0.3 is 0 Å². The van der Waals surface area contributed by atoms with Crippen LogP contribution in [0.25, 0.3) is 0 Å². The van der Waals surface area contributed by atoms with Crippen molar-refractivity contribution < 1.29 is 19.5 Å². The zero-order valence-electron chi connectivity index (χ0n) is 13.2. The molecule has 0 saturated carbocycles. The normalized spacial score (nSPS) is 22.7. The number of aliphatic carboxylic acids is 1. The number of hydrogen-bond donors (Lipinski definition) is 2. The van der Waals surface area contributed by atoms with Gasteiger partial charge in [-0.05, 0) is 44.1 Å². The lowest BCUT2D eigenvalue weighted by Crippen LogP contribution is -2.41.